The normalized spacial score (nSPS) is 17.8. The number of halogens is 3. The average molecular weight is 544 g/mol. The summed E-state index contributed by atoms with van der Waals surface area (Å²) >= 11 is 6.38. The van der Waals surface area contributed by atoms with Crippen LogP contribution in [0.1, 0.15) is 34.6 Å². The number of nitrogens with one attached hydrogen (secondary N) is 1. The Morgan fingerprint density at radius 2 is 1.87 bits per heavy atom. The van der Waals surface area contributed by atoms with Crippen molar-refractivity contribution < 1.29 is 23.1 Å². The van der Waals surface area contributed by atoms with E-state index in [9.17, 15) is 18.4 Å². The van der Waals surface area contributed by atoms with Gasteiger partial charge in [0.05, 0.1) is 24.9 Å². The lowest BCUT2D eigenvalue weighted by molar-refractivity contribution is -0.136. The Hall–Kier alpha value is -3.63. The van der Waals surface area contributed by atoms with Crippen LogP contribution in [0.3, 0.4) is 0 Å². The number of nitrogens with zero attached hydrogens (tertiary/aromatic N) is 4. The molecule has 200 valence electrons. The van der Waals surface area contributed by atoms with E-state index in [-0.39, 0.29) is 23.3 Å². The third-order valence-corrected chi connectivity index (χ3v) is 6.78. The second-order valence-electron chi connectivity index (χ2n) is 9.02. The Morgan fingerprint density at radius 1 is 1.13 bits per heavy atom. The molecule has 2 atom stereocenters. The third kappa shape index (κ3) is 6.08. The summed E-state index contributed by atoms with van der Waals surface area (Å²) in [6, 6.07) is 12.5. The molecule has 4 rings (SSSR count). The fraction of sp³-hybridized carbons (Fsp3) is 0.333. The monoisotopic (exact) mass is 543 g/mol. The Kier molecular flexibility index (Phi) is 8.53. The van der Waals surface area contributed by atoms with E-state index in [2.05, 4.69) is 15.3 Å². The lowest BCUT2D eigenvalue weighted by Crippen LogP contribution is -2.56. The van der Waals surface area contributed by atoms with Crippen molar-refractivity contribution >= 4 is 23.4 Å². The number of aromatic nitrogens is 2. The summed E-state index contributed by atoms with van der Waals surface area (Å²) in [4.78, 5) is 36.3. The standard InChI is InChI=1S/C27H28ClF2N5O3/c1-16(36)35-14-20(12-29)34(13-17-4-6-21(38-3)7-5-17)15-24(35)19-9-22(32-25(28)10-19)18-8-23(27(37)31-2)33-26(30)11-18/h4-11,20,24H,12-15H2,1-3H3,(H,31,37). The van der Waals surface area contributed by atoms with Crippen molar-refractivity contribution in [1.82, 2.24) is 25.1 Å². The maximum absolute atomic E-state index is 14.3. The van der Waals surface area contributed by atoms with Crippen LogP contribution in [0.4, 0.5) is 8.78 Å². The second kappa shape index (κ2) is 11.8. The molecule has 1 N–H and O–H groups in total. The predicted molar refractivity (Wildman–Crippen MR) is 139 cm³/mol. The predicted octanol–water partition coefficient (Wildman–Crippen LogP) is 4.05. The SMILES string of the molecule is CNC(=O)c1cc(-c2cc(C3CN(Cc4ccc(OC)cc4)C(CF)CN3C(C)=O)cc(Cl)n2)cc(F)n1. The number of hydrogen-bond donors (Lipinski definition) is 1. The zero-order valence-electron chi connectivity index (χ0n) is 21.2. The largest absolute Gasteiger partial charge is 0.497 e. The zero-order chi connectivity index (χ0) is 27.4. The molecule has 0 saturated carbocycles. The van der Waals surface area contributed by atoms with Gasteiger partial charge >= 0.3 is 0 Å². The van der Waals surface area contributed by atoms with Gasteiger partial charge < -0.3 is 15.0 Å². The smallest absolute Gasteiger partial charge is 0.269 e. The van der Waals surface area contributed by atoms with Crippen molar-refractivity contribution in [1.29, 1.82) is 0 Å². The lowest BCUT2D eigenvalue weighted by atomic mass is 9.97. The second-order valence-corrected chi connectivity index (χ2v) is 9.41. The Balaban J connectivity index is 1.70. The molecule has 2 amide bonds. The summed E-state index contributed by atoms with van der Waals surface area (Å²) in [6.07, 6.45) is 0. The molecule has 0 spiro atoms. The van der Waals surface area contributed by atoms with Gasteiger partial charge in [0.15, 0.2) is 0 Å². The van der Waals surface area contributed by atoms with Crippen molar-refractivity contribution in [3.05, 3.63) is 76.5 Å². The zero-order valence-corrected chi connectivity index (χ0v) is 22.0. The van der Waals surface area contributed by atoms with Gasteiger partial charge in [-0.15, -0.1) is 0 Å². The number of carbonyl (C=O) groups excluding carboxylic acids is 2. The van der Waals surface area contributed by atoms with E-state index in [1.54, 1.807) is 24.1 Å². The first-order valence-corrected chi connectivity index (χ1v) is 12.4. The van der Waals surface area contributed by atoms with Crippen molar-refractivity contribution in [2.45, 2.75) is 25.6 Å². The topological polar surface area (TPSA) is 87.7 Å². The van der Waals surface area contributed by atoms with Crippen LogP contribution in [0.5, 0.6) is 5.75 Å². The van der Waals surface area contributed by atoms with E-state index < -0.39 is 30.6 Å². The van der Waals surface area contributed by atoms with Crippen LogP contribution in [-0.4, -0.2) is 71.5 Å². The number of pyridine rings is 2. The van der Waals surface area contributed by atoms with Crippen LogP contribution in [0.2, 0.25) is 5.15 Å². The number of benzene rings is 1. The van der Waals surface area contributed by atoms with Gasteiger partial charge in [0.1, 0.15) is 23.3 Å². The molecule has 2 aromatic heterocycles. The third-order valence-electron chi connectivity index (χ3n) is 6.59. The first kappa shape index (κ1) is 27.4. The molecule has 1 aliphatic heterocycles. The summed E-state index contributed by atoms with van der Waals surface area (Å²) in [7, 11) is 3.01. The van der Waals surface area contributed by atoms with Crippen LogP contribution in [-0.2, 0) is 11.3 Å². The quantitative estimate of drug-likeness (QED) is 0.452. The highest BCUT2D eigenvalue weighted by atomic mass is 35.5. The van der Waals surface area contributed by atoms with Gasteiger partial charge in [-0.3, -0.25) is 14.5 Å². The molecule has 3 heterocycles. The maximum atomic E-state index is 14.3. The maximum Gasteiger partial charge on any atom is 0.269 e. The summed E-state index contributed by atoms with van der Waals surface area (Å²) < 4.78 is 33.6. The molecule has 2 unspecified atom stereocenters. The fourth-order valence-electron chi connectivity index (χ4n) is 4.62. The van der Waals surface area contributed by atoms with Crippen LogP contribution >= 0.6 is 11.6 Å². The molecule has 0 bridgehead atoms. The number of hydrogen-bond acceptors (Lipinski definition) is 6. The molecule has 0 aliphatic carbocycles. The number of alkyl halides is 1. The van der Waals surface area contributed by atoms with Gasteiger partial charge in [0, 0.05) is 45.2 Å². The van der Waals surface area contributed by atoms with Crippen LogP contribution in [0.15, 0.2) is 48.5 Å². The number of methoxy groups -OCH3 is 1. The minimum absolute atomic E-state index is 0.106. The van der Waals surface area contributed by atoms with E-state index in [1.165, 1.54) is 20.0 Å². The van der Waals surface area contributed by atoms with Gasteiger partial charge in [0.25, 0.3) is 5.91 Å². The molecule has 3 aromatic rings. The molecule has 11 heteroatoms. The Morgan fingerprint density at radius 3 is 2.50 bits per heavy atom. The molecule has 8 nitrogen and oxygen atoms in total. The highest BCUT2D eigenvalue weighted by Gasteiger charge is 2.36. The first-order valence-electron chi connectivity index (χ1n) is 12.0. The van der Waals surface area contributed by atoms with Gasteiger partial charge in [-0.2, -0.15) is 4.39 Å². The summed E-state index contributed by atoms with van der Waals surface area (Å²) in [6.45, 7) is 1.82. The summed E-state index contributed by atoms with van der Waals surface area (Å²) in [5.74, 6) is -0.872. The highest BCUT2D eigenvalue weighted by molar-refractivity contribution is 6.29. The van der Waals surface area contributed by atoms with Gasteiger partial charge in [0.2, 0.25) is 11.9 Å². The van der Waals surface area contributed by atoms with Crippen LogP contribution < -0.4 is 10.1 Å². The molecular formula is C27H28ClF2N5O3. The van der Waals surface area contributed by atoms with Crippen molar-refractivity contribution in [2.24, 2.45) is 0 Å². The number of rotatable bonds is 7. The molecule has 1 aromatic carbocycles. The number of amides is 2. The molecule has 38 heavy (non-hydrogen) atoms. The van der Waals surface area contributed by atoms with Crippen molar-refractivity contribution in [2.75, 3.05) is 33.9 Å². The van der Waals surface area contributed by atoms with Crippen LogP contribution in [0.25, 0.3) is 11.3 Å². The van der Waals surface area contributed by atoms with Crippen LogP contribution in [0, 0.1) is 5.95 Å². The molecule has 0 radical (unpaired) electrons. The summed E-state index contributed by atoms with van der Waals surface area (Å²) in [5, 5.41) is 2.55. The average Bonchev–Trinajstić information content (AvgIpc) is 2.92. The first-order chi connectivity index (χ1) is 18.2. The number of piperazine rings is 1. The van der Waals surface area contributed by atoms with Crippen molar-refractivity contribution in [3.8, 4) is 17.0 Å². The molecule has 1 fully saturated rings. The Labute approximate surface area is 224 Å². The van der Waals surface area contributed by atoms with E-state index >= 15 is 0 Å². The van der Waals surface area contributed by atoms with Crippen molar-refractivity contribution in [3.63, 3.8) is 0 Å². The number of ether oxygens (including phenoxy) is 1. The molecular weight excluding hydrogens is 516 g/mol. The van der Waals surface area contributed by atoms with Gasteiger partial charge in [-0.25, -0.2) is 14.4 Å². The van der Waals surface area contributed by atoms with E-state index in [1.807, 2.05) is 29.2 Å². The lowest BCUT2D eigenvalue weighted by Gasteiger charge is -2.45. The summed E-state index contributed by atoms with van der Waals surface area (Å²) in [5.41, 5.74) is 2.15. The molecule has 1 aliphatic rings. The minimum atomic E-state index is -0.844. The van der Waals surface area contributed by atoms with E-state index in [0.717, 1.165) is 17.4 Å². The van der Waals surface area contributed by atoms with Gasteiger partial charge in [-0.1, -0.05) is 23.7 Å². The van der Waals surface area contributed by atoms with E-state index in [0.29, 0.717) is 29.9 Å². The highest BCUT2D eigenvalue weighted by Crippen LogP contribution is 2.33. The Bertz CT molecular complexity index is 1320. The fourth-order valence-corrected chi connectivity index (χ4v) is 4.84. The minimum Gasteiger partial charge on any atom is -0.497 e. The van der Waals surface area contributed by atoms with Gasteiger partial charge in [-0.05, 0) is 41.5 Å². The van der Waals surface area contributed by atoms with E-state index in [4.69, 9.17) is 16.3 Å². The molecule has 1 saturated heterocycles. The number of carbonyl (C=O) groups is 2.